The smallest absolute Gasteiger partial charge is 0.193 e. The quantitative estimate of drug-likeness (QED) is 0.638. The summed E-state index contributed by atoms with van der Waals surface area (Å²) >= 11 is 3.86. The van der Waals surface area contributed by atoms with E-state index in [0.29, 0.717) is 0 Å². The van der Waals surface area contributed by atoms with Crippen molar-refractivity contribution in [2.45, 2.75) is 45.3 Å². The Balaban J connectivity index is 1.91. The molecule has 1 aromatic heterocycles. The molecular formula is C16H28N4S2. The average molecular weight is 341 g/mol. The van der Waals surface area contributed by atoms with E-state index in [1.165, 1.54) is 22.9 Å². The lowest BCUT2D eigenvalue weighted by atomic mass is 10.3. The highest BCUT2D eigenvalue weighted by molar-refractivity contribution is 8.00. The molecular weight excluding hydrogens is 312 g/mol. The number of thioether (sulfide) groups is 1. The highest BCUT2D eigenvalue weighted by atomic mass is 32.2. The molecule has 0 aromatic carbocycles. The van der Waals surface area contributed by atoms with Gasteiger partial charge in [0.25, 0.3) is 0 Å². The second-order valence-electron chi connectivity index (χ2n) is 5.42. The molecule has 1 N–H and O–H groups in total. The van der Waals surface area contributed by atoms with Gasteiger partial charge in [0.1, 0.15) is 0 Å². The van der Waals surface area contributed by atoms with Crippen LogP contribution in [-0.2, 0) is 12.8 Å². The number of rotatable bonds is 6. The monoisotopic (exact) mass is 340 g/mol. The van der Waals surface area contributed by atoms with Gasteiger partial charge in [0.05, 0.1) is 10.7 Å². The van der Waals surface area contributed by atoms with E-state index >= 15 is 0 Å². The fourth-order valence-electron chi connectivity index (χ4n) is 2.49. The van der Waals surface area contributed by atoms with Crippen LogP contribution < -0.4 is 5.32 Å². The molecule has 1 aromatic rings. The summed E-state index contributed by atoms with van der Waals surface area (Å²) in [6.07, 6.45) is 3.20. The van der Waals surface area contributed by atoms with Gasteiger partial charge in [-0.2, -0.15) is 11.8 Å². The van der Waals surface area contributed by atoms with Crippen LogP contribution in [0.5, 0.6) is 0 Å². The van der Waals surface area contributed by atoms with Gasteiger partial charge in [-0.3, -0.25) is 4.99 Å². The van der Waals surface area contributed by atoms with E-state index in [2.05, 4.69) is 53.1 Å². The SMILES string of the molecule is CCNC(=NCCc1csc(CC)n1)N1CCSC(CC)C1. The van der Waals surface area contributed by atoms with Crippen LogP contribution in [0.25, 0.3) is 0 Å². The number of aromatic nitrogens is 1. The van der Waals surface area contributed by atoms with Crippen LogP contribution in [0.2, 0.25) is 0 Å². The first-order valence-electron chi connectivity index (χ1n) is 8.34. The lowest BCUT2D eigenvalue weighted by Crippen LogP contribution is -2.48. The molecule has 22 heavy (non-hydrogen) atoms. The van der Waals surface area contributed by atoms with E-state index in [1.807, 2.05) is 0 Å². The van der Waals surface area contributed by atoms with Crippen LogP contribution in [0.4, 0.5) is 0 Å². The normalized spacial score (nSPS) is 19.5. The molecule has 1 aliphatic rings. The van der Waals surface area contributed by atoms with Crippen molar-refractivity contribution in [3.63, 3.8) is 0 Å². The lowest BCUT2D eigenvalue weighted by molar-refractivity contribution is 0.408. The van der Waals surface area contributed by atoms with E-state index < -0.39 is 0 Å². The van der Waals surface area contributed by atoms with Gasteiger partial charge in [0, 0.05) is 49.0 Å². The number of aryl methyl sites for hydroxylation is 1. The molecule has 0 spiro atoms. The molecule has 0 amide bonds. The van der Waals surface area contributed by atoms with E-state index in [1.54, 1.807) is 11.3 Å². The summed E-state index contributed by atoms with van der Waals surface area (Å²) in [7, 11) is 0. The number of nitrogens with one attached hydrogen (secondary N) is 1. The summed E-state index contributed by atoms with van der Waals surface area (Å²) in [4.78, 5) is 11.9. The Morgan fingerprint density at radius 1 is 1.45 bits per heavy atom. The van der Waals surface area contributed by atoms with Gasteiger partial charge < -0.3 is 10.2 Å². The molecule has 1 fully saturated rings. The molecule has 6 heteroatoms. The molecule has 0 aliphatic carbocycles. The van der Waals surface area contributed by atoms with E-state index in [4.69, 9.17) is 4.99 Å². The van der Waals surface area contributed by atoms with Gasteiger partial charge in [0.2, 0.25) is 0 Å². The van der Waals surface area contributed by atoms with Crippen molar-refractivity contribution in [1.82, 2.24) is 15.2 Å². The molecule has 0 saturated carbocycles. The predicted octanol–water partition coefficient (Wildman–Crippen LogP) is 3.04. The molecule has 124 valence electrons. The Morgan fingerprint density at radius 3 is 3.00 bits per heavy atom. The topological polar surface area (TPSA) is 40.5 Å². The molecule has 1 aliphatic heterocycles. The zero-order valence-corrected chi connectivity index (χ0v) is 15.6. The van der Waals surface area contributed by atoms with Crippen molar-refractivity contribution in [2.75, 3.05) is 31.9 Å². The Hall–Kier alpha value is -0.750. The lowest BCUT2D eigenvalue weighted by Gasteiger charge is -2.34. The molecule has 1 atom stereocenters. The summed E-state index contributed by atoms with van der Waals surface area (Å²) in [6.45, 7) is 10.5. The summed E-state index contributed by atoms with van der Waals surface area (Å²) in [6, 6.07) is 0. The van der Waals surface area contributed by atoms with Crippen LogP contribution >= 0.6 is 23.1 Å². The molecule has 1 unspecified atom stereocenters. The zero-order chi connectivity index (χ0) is 15.8. The fourth-order valence-corrected chi connectivity index (χ4v) is 4.45. The summed E-state index contributed by atoms with van der Waals surface area (Å²) in [5.74, 6) is 2.28. The van der Waals surface area contributed by atoms with Crippen LogP contribution in [0.1, 0.15) is 37.9 Å². The summed E-state index contributed by atoms with van der Waals surface area (Å²) in [5, 5.41) is 7.59. The molecule has 2 rings (SSSR count). The molecule has 1 saturated heterocycles. The Labute approximate surface area is 142 Å². The van der Waals surface area contributed by atoms with Gasteiger partial charge in [-0.05, 0) is 19.8 Å². The van der Waals surface area contributed by atoms with Gasteiger partial charge in [-0.15, -0.1) is 11.3 Å². The first-order valence-corrected chi connectivity index (χ1v) is 10.3. The highest BCUT2D eigenvalue weighted by Gasteiger charge is 2.21. The number of hydrogen-bond donors (Lipinski definition) is 1. The second kappa shape index (κ2) is 9.40. The molecule has 0 bridgehead atoms. The van der Waals surface area contributed by atoms with E-state index in [9.17, 15) is 0 Å². The Kier molecular flexibility index (Phi) is 7.52. The van der Waals surface area contributed by atoms with Crippen LogP contribution in [0.3, 0.4) is 0 Å². The van der Waals surface area contributed by atoms with Crippen molar-refractivity contribution in [3.8, 4) is 0 Å². The molecule has 0 radical (unpaired) electrons. The number of nitrogens with zero attached hydrogens (tertiary/aromatic N) is 3. The maximum atomic E-state index is 4.82. The van der Waals surface area contributed by atoms with Crippen molar-refractivity contribution in [1.29, 1.82) is 0 Å². The maximum absolute atomic E-state index is 4.82. The van der Waals surface area contributed by atoms with E-state index in [-0.39, 0.29) is 0 Å². The highest BCUT2D eigenvalue weighted by Crippen LogP contribution is 2.21. The summed E-state index contributed by atoms with van der Waals surface area (Å²) < 4.78 is 0. The summed E-state index contributed by atoms with van der Waals surface area (Å²) in [5.41, 5.74) is 1.18. The fraction of sp³-hybridized carbons (Fsp3) is 0.750. The third kappa shape index (κ3) is 5.16. The first kappa shape index (κ1) is 17.6. The van der Waals surface area contributed by atoms with Gasteiger partial charge in [-0.25, -0.2) is 4.98 Å². The Bertz CT molecular complexity index is 472. The number of guanidine groups is 1. The molecule has 4 nitrogen and oxygen atoms in total. The minimum Gasteiger partial charge on any atom is -0.357 e. The predicted molar refractivity (Wildman–Crippen MR) is 99.3 cm³/mol. The van der Waals surface area contributed by atoms with Gasteiger partial charge in [0.15, 0.2) is 5.96 Å². The molecule has 2 heterocycles. The first-order chi connectivity index (χ1) is 10.8. The maximum Gasteiger partial charge on any atom is 0.193 e. The average Bonchev–Trinajstić information content (AvgIpc) is 3.02. The number of aliphatic imine (C=N–C) groups is 1. The Morgan fingerprint density at radius 2 is 2.32 bits per heavy atom. The minimum absolute atomic E-state index is 0.739. The number of hydrogen-bond acceptors (Lipinski definition) is 4. The third-order valence-corrected chi connectivity index (χ3v) is 6.17. The van der Waals surface area contributed by atoms with Crippen molar-refractivity contribution in [2.24, 2.45) is 4.99 Å². The second-order valence-corrected chi connectivity index (χ2v) is 7.77. The van der Waals surface area contributed by atoms with Crippen molar-refractivity contribution < 1.29 is 0 Å². The third-order valence-electron chi connectivity index (χ3n) is 3.76. The zero-order valence-electron chi connectivity index (χ0n) is 14.0. The van der Waals surface area contributed by atoms with Crippen LogP contribution in [-0.4, -0.2) is 53.0 Å². The van der Waals surface area contributed by atoms with Crippen molar-refractivity contribution in [3.05, 3.63) is 16.1 Å². The largest absolute Gasteiger partial charge is 0.357 e. The van der Waals surface area contributed by atoms with Crippen LogP contribution in [0.15, 0.2) is 10.4 Å². The van der Waals surface area contributed by atoms with Gasteiger partial charge >= 0.3 is 0 Å². The number of thiazole rings is 1. The van der Waals surface area contributed by atoms with Crippen LogP contribution in [0, 0.1) is 0 Å². The van der Waals surface area contributed by atoms with Gasteiger partial charge in [-0.1, -0.05) is 13.8 Å². The minimum atomic E-state index is 0.739. The standard InChI is InChI=1S/C16H28N4S2/c1-4-14-11-20(9-10-21-14)16(17-6-3)18-8-7-13-12-22-15(5-2)19-13/h12,14H,4-11H2,1-3H3,(H,17,18). The van der Waals surface area contributed by atoms with E-state index in [0.717, 1.165) is 50.2 Å². The van der Waals surface area contributed by atoms with Crippen molar-refractivity contribution >= 4 is 29.1 Å².